The molecule has 0 saturated carbocycles. The number of hydrogen-bond donors (Lipinski definition) is 0. The summed E-state index contributed by atoms with van der Waals surface area (Å²) in [6.07, 6.45) is 0. The lowest BCUT2D eigenvalue weighted by molar-refractivity contribution is 1.18. The van der Waals surface area contributed by atoms with Crippen molar-refractivity contribution in [3.05, 3.63) is 255 Å². The minimum Gasteiger partial charge on any atom is -0.310 e. The first-order valence-corrected chi connectivity index (χ1v) is 21.3. The number of rotatable bonds is 9. The first-order chi connectivity index (χ1) is 30.8. The van der Waals surface area contributed by atoms with Crippen LogP contribution in [0.25, 0.3) is 83.1 Å². The van der Waals surface area contributed by atoms with Crippen molar-refractivity contribution in [1.29, 1.82) is 0 Å². The quantitative estimate of drug-likeness (QED) is 0.141. The predicted molar refractivity (Wildman–Crippen MR) is 263 cm³/mol. The van der Waals surface area contributed by atoms with Gasteiger partial charge in [0.2, 0.25) is 0 Å². The van der Waals surface area contributed by atoms with Crippen molar-refractivity contribution < 1.29 is 0 Å². The fourth-order valence-electron chi connectivity index (χ4n) is 9.04. The average molecular weight is 791 g/mol. The summed E-state index contributed by atoms with van der Waals surface area (Å²) >= 11 is 0. The third-order valence-corrected chi connectivity index (χ3v) is 12.0. The number of hydrogen-bond acceptors (Lipinski definition) is 1. The van der Waals surface area contributed by atoms with E-state index in [1.165, 1.54) is 60.8 Å². The van der Waals surface area contributed by atoms with Crippen LogP contribution in [0.2, 0.25) is 0 Å². The van der Waals surface area contributed by atoms with E-state index >= 15 is 0 Å². The Kier molecular flexibility index (Phi) is 9.57. The van der Waals surface area contributed by atoms with Crippen LogP contribution in [-0.4, -0.2) is 4.57 Å². The van der Waals surface area contributed by atoms with Gasteiger partial charge in [-0.05, 0) is 98.6 Å². The number of benzene rings is 10. The molecule has 2 heteroatoms. The van der Waals surface area contributed by atoms with Gasteiger partial charge in [0.15, 0.2) is 0 Å². The maximum absolute atomic E-state index is 2.44. The van der Waals surface area contributed by atoms with Gasteiger partial charge in [0, 0.05) is 33.4 Å². The fourth-order valence-corrected chi connectivity index (χ4v) is 9.04. The normalized spacial score (nSPS) is 11.2. The SMILES string of the molecule is c1ccc(-c2ccc(-c3ccccc3N(c3ccc(-c4ccccc4)cc3)c3ccc4c5ccccc5n(-c5cccc(-c6ccccc6-c6ccccc6)c5)c4c3)cc2)cc1. The Morgan fingerprint density at radius 2 is 0.710 bits per heavy atom. The molecule has 0 radical (unpaired) electrons. The zero-order valence-corrected chi connectivity index (χ0v) is 34.1. The second-order valence-electron chi connectivity index (χ2n) is 15.7. The van der Waals surface area contributed by atoms with Gasteiger partial charge in [-0.3, -0.25) is 0 Å². The van der Waals surface area contributed by atoms with Crippen LogP contribution in [0.3, 0.4) is 0 Å². The summed E-state index contributed by atoms with van der Waals surface area (Å²) < 4.78 is 2.44. The molecule has 11 rings (SSSR count). The van der Waals surface area contributed by atoms with Crippen molar-refractivity contribution in [2.75, 3.05) is 4.90 Å². The van der Waals surface area contributed by atoms with Gasteiger partial charge in [-0.2, -0.15) is 0 Å². The molecule has 0 fully saturated rings. The predicted octanol–water partition coefficient (Wildman–Crippen LogP) is 16.6. The fraction of sp³-hybridized carbons (Fsp3) is 0. The van der Waals surface area contributed by atoms with E-state index in [9.17, 15) is 0 Å². The molecular formula is C60H42N2. The third-order valence-electron chi connectivity index (χ3n) is 12.0. The van der Waals surface area contributed by atoms with Crippen molar-refractivity contribution >= 4 is 38.9 Å². The van der Waals surface area contributed by atoms with Crippen LogP contribution >= 0.6 is 0 Å². The molecule has 0 saturated heterocycles. The largest absolute Gasteiger partial charge is 0.310 e. The minimum atomic E-state index is 1.08. The average Bonchev–Trinajstić information content (AvgIpc) is 3.69. The Bertz CT molecular complexity index is 3310. The van der Waals surface area contributed by atoms with Crippen molar-refractivity contribution in [3.63, 3.8) is 0 Å². The highest BCUT2D eigenvalue weighted by Crippen LogP contribution is 2.44. The highest BCUT2D eigenvalue weighted by Gasteiger charge is 2.21. The molecule has 0 N–H and O–H groups in total. The van der Waals surface area contributed by atoms with Crippen LogP contribution < -0.4 is 4.90 Å². The summed E-state index contributed by atoms with van der Waals surface area (Å²) in [6, 6.07) is 92.1. The van der Waals surface area contributed by atoms with Crippen LogP contribution in [0, 0.1) is 0 Å². The van der Waals surface area contributed by atoms with E-state index in [2.05, 4.69) is 264 Å². The summed E-state index contributed by atoms with van der Waals surface area (Å²) in [5, 5.41) is 2.44. The molecule has 0 spiro atoms. The first kappa shape index (κ1) is 36.8. The lowest BCUT2D eigenvalue weighted by Gasteiger charge is -2.28. The molecule has 0 aliphatic rings. The van der Waals surface area contributed by atoms with E-state index in [1.807, 2.05) is 0 Å². The Hall–Kier alpha value is -8.20. The third kappa shape index (κ3) is 6.84. The highest BCUT2D eigenvalue weighted by atomic mass is 15.1. The molecule has 0 bridgehead atoms. The van der Waals surface area contributed by atoms with Gasteiger partial charge in [0.05, 0.1) is 16.7 Å². The van der Waals surface area contributed by atoms with Gasteiger partial charge in [0.1, 0.15) is 0 Å². The minimum absolute atomic E-state index is 1.08. The van der Waals surface area contributed by atoms with E-state index in [0.717, 1.165) is 39.4 Å². The second-order valence-corrected chi connectivity index (χ2v) is 15.7. The lowest BCUT2D eigenvalue weighted by atomic mass is 9.94. The summed E-state index contributed by atoms with van der Waals surface area (Å²) in [5.41, 5.74) is 18.6. The molecule has 0 aliphatic carbocycles. The number of fused-ring (bicyclic) bond motifs is 3. The summed E-state index contributed by atoms with van der Waals surface area (Å²) in [4.78, 5) is 2.42. The maximum atomic E-state index is 2.44. The Balaban J connectivity index is 1.09. The first-order valence-electron chi connectivity index (χ1n) is 21.3. The highest BCUT2D eigenvalue weighted by molar-refractivity contribution is 6.10. The van der Waals surface area contributed by atoms with Crippen LogP contribution in [0.1, 0.15) is 0 Å². The number of anilines is 3. The lowest BCUT2D eigenvalue weighted by Crippen LogP contribution is -2.11. The molecule has 0 amide bonds. The van der Waals surface area contributed by atoms with E-state index in [0.29, 0.717) is 0 Å². The van der Waals surface area contributed by atoms with Gasteiger partial charge in [0.25, 0.3) is 0 Å². The van der Waals surface area contributed by atoms with E-state index in [-0.39, 0.29) is 0 Å². The molecule has 0 unspecified atom stereocenters. The summed E-state index contributed by atoms with van der Waals surface area (Å²) in [7, 11) is 0. The van der Waals surface area contributed by atoms with Gasteiger partial charge in [-0.25, -0.2) is 0 Å². The molecular weight excluding hydrogens is 749 g/mol. The Morgan fingerprint density at radius 3 is 1.39 bits per heavy atom. The topological polar surface area (TPSA) is 8.17 Å². The zero-order valence-electron chi connectivity index (χ0n) is 34.1. The van der Waals surface area contributed by atoms with Crippen LogP contribution in [0.5, 0.6) is 0 Å². The molecule has 2 nitrogen and oxygen atoms in total. The van der Waals surface area contributed by atoms with Gasteiger partial charge >= 0.3 is 0 Å². The molecule has 1 heterocycles. The molecule has 11 aromatic rings. The van der Waals surface area contributed by atoms with E-state index < -0.39 is 0 Å². The number of nitrogens with zero attached hydrogens (tertiary/aromatic N) is 2. The van der Waals surface area contributed by atoms with E-state index in [1.54, 1.807) is 0 Å². The molecule has 62 heavy (non-hydrogen) atoms. The van der Waals surface area contributed by atoms with Crippen molar-refractivity contribution in [2.45, 2.75) is 0 Å². The molecule has 0 aliphatic heterocycles. The number of para-hydroxylation sites is 2. The maximum Gasteiger partial charge on any atom is 0.0561 e. The standard InChI is InChI=1S/C60H42N2/c1-4-17-43(18-5-1)45-31-33-48(34-32-45)55-27-12-14-29-58(55)61(50-37-35-46(36-38-50)44-19-6-2-7-20-44)52-39-40-57-56-28-13-15-30-59(56)62(60(57)42-52)51-24-16-23-49(41-51)54-26-11-10-25-53(54)47-21-8-3-9-22-47/h1-42H. The molecule has 1 aromatic heterocycles. The second kappa shape index (κ2) is 16.1. The Labute approximate surface area is 362 Å². The monoisotopic (exact) mass is 790 g/mol. The van der Waals surface area contributed by atoms with Gasteiger partial charge in [-0.1, -0.05) is 206 Å². The van der Waals surface area contributed by atoms with Crippen molar-refractivity contribution in [3.8, 4) is 61.3 Å². The van der Waals surface area contributed by atoms with Crippen LogP contribution in [-0.2, 0) is 0 Å². The van der Waals surface area contributed by atoms with Gasteiger partial charge < -0.3 is 9.47 Å². The molecule has 292 valence electrons. The molecule has 10 aromatic carbocycles. The molecule has 0 atom stereocenters. The number of aromatic nitrogens is 1. The Morgan fingerprint density at radius 1 is 0.258 bits per heavy atom. The van der Waals surface area contributed by atoms with Crippen LogP contribution in [0.15, 0.2) is 255 Å². The summed E-state index contributed by atoms with van der Waals surface area (Å²) in [6.45, 7) is 0. The van der Waals surface area contributed by atoms with Crippen LogP contribution in [0.4, 0.5) is 17.1 Å². The van der Waals surface area contributed by atoms with Crippen molar-refractivity contribution in [2.24, 2.45) is 0 Å². The van der Waals surface area contributed by atoms with Crippen molar-refractivity contribution in [1.82, 2.24) is 4.57 Å². The van der Waals surface area contributed by atoms with Gasteiger partial charge in [-0.15, -0.1) is 0 Å². The smallest absolute Gasteiger partial charge is 0.0561 e. The summed E-state index contributed by atoms with van der Waals surface area (Å²) in [5.74, 6) is 0. The van der Waals surface area contributed by atoms with E-state index in [4.69, 9.17) is 0 Å². The zero-order chi connectivity index (χ0) is 41.2.